The summed E-state index contributed by atoms with van der Waals surface area (Å²) in [6.45, 7) is 7.80. The zero-order valence-electron chi connectivity index (χ0n) is 10.7. The minimum Gasteiger partial charge on any atom is -0.398 e. The van der Waals surface area contributed by atoms with E-state index in [0.717, 1.165) is 0 Å². The Labute approximate surface area is 101 Å². The van der Waals surface area contributed by atoms with Gasteiger partial charge in [-0.25, -0.2) is 4.39 Å². The molecule has 6 heteroatoms. The van der Waals surface area contributed by atoms with E-state index < -0.39 is 13.8 Å². The summed E-state index contributed by atoms with van der Waals surface area (Å²) >= 11 is 0. The number of alkyl halides is 1. The van der Waals surface area contributed by atoms with Crippen LogP contribution in [-0.4, -0.2) is 34.8 Å². The van der Waals surface area contributed by atoms with E-state index in [-0.39, 0.29) is 17.7 Å². The Bertz CT molecular complexity index is 390. The molecule has 0 spiro atoms. The number of hydrogen-bond acceptors (Lipinski definition) is 3. The molecule has 0 N–H and O–H groups in total. The molecule has 94 valence electrons. The van der Waals surface area contributed by atoms with Crippen LogP contribution in [0.4, 0.5) is 4.39 Å². The summed E-state index contributed by atoms with van der Waals surface area (Å²) in [4.78, 5) is 0. The van der Waals surface area contributed by atoms with Crippen LogP contribution in [0.5, 0.6) is 0 Å². The molecule has 1 aliphatic heterocycles. The molecule has 0 aromatic carbocycles. The molecule has 0 saturated carbocycles. The Balaban J connectivity index is 2.14. The molecule has 0 aliphatic carbocycles. The quantitative estimate of drug-likeness (QED) is 0.743. The van der Waals surface area contributed by atoms with Gasteiger partial charge in [0, 0.05) is 6.20 Å². The van der Waals surface area contributed by atoms with Crippen LogP contribution in [-0.2, 0) is 15.9 Å². The first kappa shape index (κ1) is 12.6. The molecular weight excluding hydrogens is 222 g/mol. The molecule has 0 bridgehead atoms. The second-order valence-corrected chi connectivity index (χ2v) is 5.28. The molecule has 2 rings (SSSR count). The molecule has 4 nitrogen and oxygen atoms in total. The molecule has 2 heterocycles. The van der Waals surface area contributed by atoms with Crippen LogP contribution < -0.4 is 5.59 Å². The van der Waals surface area contributed by atoms with Crippen molar-refractivity contribution in [2.24, 2.45) is 0 Å². The Morgan fingerprint density at radius 3 is 2.41 bits per heavy atom. The van der Waals surface area contributed by atoms with Gasteiger partial charge in [-0.3, -0.25) is 4.68 Å². The number of aryl methyl sites for hydroxylation is 1. The van der Waals surface area contributed by atoms with Gasteiger partial charge in [0.05, 0.1) is 23.3 Å². The van der Waals surface area contributed by atoms with Crippen LogP contribution in [0.15, 0.2) is 12.3 Å². The van der Waals surface area contributed by atoms with Gasteiger partial charge >= 0.3 is 7.12 Å². The van der Waals surface area contributed by atoms with Crippen LogP contribution in [0.25, 0.3) is 0 Å². The lowest BCUT2D eigenvalue weighted by Gasteiger charge is -2.32. The standard InChI is InChI=1S/C11H18BFN2O2/c1-10(2)11(3,4)17-12(16-10)9-5-7-15(14-9)8-6-13/h5,7H,6,8H2,1-4H3. The van der Waals surface area contributed by atoms with Crippen LogP contribution >= 0.6 is 0 Å². The monoisotopic (exact) mass is 240 g/mol. The molecule has 0 amide bonds. The first-order valence-corrected chi connectivity index (χ1v) is 5.81. The minimum absolute atomic E-state index is 0.263. The summed E-state index contributed by atoms with van der Waals surface area (Å²) in [7, 11) is -0.471. The van der Waals surface area contributed by atoms with E-state index >= 15 is 0 Å². The predicted octanol–water partition coefficient (Wildman–Crippen LogP) is 1.15. The Kier molecular flexibility index (Phi) is 3.03. The lowest BCUT2D eigenvalue weighted by Crippen LogP contribution is -2.41. The number of rotatable bonds is 3. The fraction of sp³-hybridized carbons (Fsp3) is 0.727. The fourth-order valence-corrected chi connectivity index (χ4v) is 1.68. The average Bonchev–Trinajstić information content (AvgIpc) is 2.71. The third-order valence-corrected chi connectivity index (χ3v) is 3.47. The Morgan fingerprint density at radius 2 is 1.88 bits per heavy atom. The van der Waals surface area contributed by atoms with E-state index in [0.29, 0.717) is 5.59 Å². The van der Waals surface area contributed by atoms with Crippen molar-refractivity contribution in [3.8, 4) is 0 Å². The smallest absolute Gasteiger partial charge is 0.398 e. The molecule has 1 aromatic heterocycles. The van der Waals surface area contributed by atoms with Crippen LogP contribution in [0, 0.1) is 0 Å². The highest BCUT2D eigenvalue weighted by Gasteiger charge is 2.52. The molecular formula is C11H18BFN2O2. The van der Waals surface area contributed by atoms with E-state index in [2.05, 4.69) is 5.10 Å². The summed E-state index contributed by atoms with van der Waals surface area (Å²) in [5, 5.41) is 4.24. The van der Waals surface area contributed by atoms with Gasteiger partial charge in [0.2, 0.25) is 0 Å². The molecule has 1 aromatic rings. The van der Waals surface area contributed by atoms with E-state index in [4.69, 9.17) is 9.31 Å². The van der Waals surface area contributed by atoms with Crippen LogP contribution in [0.2, 0.25) is 0 Å². The first-order valence-electron chi connectivity index (χ1n) is 5.81. The van der Waals surface area contributed by atoms with Crippen LogP contribution in [0.1, 0.15) is 27.7 Å². The topological polar surface area (TPSA) is 36.3 Å². The van der Waals surface area contributed by atoms with Crippen molar-refractivity contribution in [3.63, 3.8) is 0 Å². The van der Waals surface area contributed by atoms with E-state index in [1.165, 1.54) is 0 Å². The van der Waals surface area contributed by atoms with E-state index in [9.17, 15) is 4.39 Å². The normalized spacial score (nSPS) is 22.1. The maximum atomic E-state index is 12.2. The molecule has 1 aliphatic rings. The Morgan fingerprint density at radius 1 is 1.29 bits per heavy atom. The molecule has 1 saturated heterocycles. The lowest BCUT2D eigenvalue weighted by atomic mass is 9.85. The van der Waals surface area contributed by atoms with Gasteiger partial charge in [0.15, 0.2) is 0 Å². The van der Waals surface area contributed by atoms with Gasteiger partial charge in [-0.1, -0.05) is 0 Å². The number of hydrogen-bond donors (Lipinski definition) is 0. The zero-order valence-corrected chi connectivity index (χ0v) is 10.7. The van der Waals surface area contributed by atoms with Gasteiger partial charge in [0.1, 0.15) is 6.67 Å². The second kappa shape index (κ2) is 4.10. The maximum absolute atomic E-state index is 12.2. The minimum atomic E-state index is -0.471. The largest absolute Gasteiger partial charge is 0.516 e. The molecule has 0 atom stereocenters. The maximum Gasteiger partial charge on any atom is 0.516 e. The first-order chi connectivity index (χ1) is 7.86. The predicted molar refractivity (Wildman–Crippen MR) is 63.9 cm³/mol. The highest BCUT2D eigenvalue weighted by molar-refractivity contribution is 6.61. The van der Waals surface area contributed by atoms with Crippen molar-refractivity contribution in [1.29, 1.82) is 0 Å². The molecule has 1 fully saturated rings. The van der Waals surface area contributed by atoms with Crippen molar-refractivity contribution in [1.82, 2.24) is 9.78 Å². The Hall–Kier alpha value is -0.875. The van der Waals surface area contributed by atoms with E-state index in [1.54, 1.807) is 16.9 Å². The van der Waals surface area contributed by atoms with Gasteiger partial charge < -0.3 is 9.31 Å². The van der Waals surface area contributed by atoms with Gasteiger partial charge in [-0.2, -0.15) is 5.10 Å². The van der Waals surface area contributed by atoms with E-state index in [1.807, 2.05) is 27.7 Å². The summed E-state index contributed by atoms with van der Waals surface area (Å²) in [5.74, 6) is 0. The van der Waals surface area contributed by atoms with Crippen molar-refractivity contribution in [3.05, 3.63) is 12.3 Å². The summed E-state index contributed by atoms with van der Waals surface area (Å²) < 4.78 is 25.4. The van der Waals surface area contributed by atoms with Gasteiger partial charge in [-0.15, -0.1) is 0 Å². The number of aromatic nitrogens is 2. The number of halogens is 1. The van der Waals surface area contributed by atoms with Gasteiger partial charge in [-0.05, 0) is 33.8 Å². The van der Waals surface area contributed by atoms with Crippen molar-refractivity contribution in [2.45, 2.75) is 45.4 Å². The van der Waals surface area contributed by atoms with Crippen LogP contribution in [0.3, 0.4) is 0 Å². The van der Waals surface area contributed by atoms with Gasteiger partial charge in [0.25, 0.3) is 0 Å². The SMILES string of the molecule is CC1(C)OB(c2ccn(CCF)n2)OC1(C)C. The highest BCUT2D eigenvalue weighted by Crippen LogP contribution is 2.36. The van der Waals surface area contributed by atoms with Crippen molar-refractivity contribution >= 4 is 12.7 Å². The molecule has 17 heavy (non-hydrogen) atoms. The van der Waals surface area contributed by atoms with Crippen molar-refractivity contribution in [2.75, 3.05) is 6.67 Å². The average molecular weight is 240 g/mol. The second-order valence-electron chi connectivity index (χ2n) is 5.28. The summed E-state index contributed by atoms with van der Waals surface area (Å²) in [6, 6.07) is 1.80. The highest BCUT2D eigenvalue weighted by atomic mass is 19.1. The molecule has 0 radical (unpaired) electrons. The lowest BCUT2D eigenvalue weighted by molar-refractivity contribution is 0.00578. The summed E-state index contributed by atoms with van der Waals surface area (Å²) in [5.41, 5.74) is -0.0552. The number of nitrogens with zero attached hydrogens (tertiary/aromatic N) is 2. The third-order valence-electron chi connectivity index (χ3n) is 3.47. The summed E-state index contributed by atoms with van der Waals surface area (Å²) in [6.07, 6.45) is 1.74. The zero-order chi connectivity index (χ0) is 12.7. The van der Waals surface area contributed by atoms with Crippen molar-refractivity contribution < 1.29 is 13.7 Å². The molecule has 0 unspecified atom stereocenters. The fourth-order valence-electron chi connectivity index (χ4n) is 1.68. The third kappa shape index (κ3) is 2.24.